The minimum Gasteiger partial charge on any atom is -0.441 e. The third kappa shape index (κ3) is 4.89. The zero-order valence-corrected chi connectivity index (χ0v) is 14.1. The lowest BCUT2D eigenvalue weighted by Crippen LogP contribution is -2.35. The molecule has 1 saturated carbocycles. The summed E-state index contributed by atoms with van der Waals surface area (Å²) in [4.78, 5) is 16.1. The summed E-state index contributed by atoms with van der Waals surface area (Å²) >= 11 is 0. The van der Waals surface area contributed by atoms with Crippen molar-refractivity contribution in [3.8, 4) is 11.3 Å². The molecule has 3 rings (SSSR count). The molecule has 25 heavy (non-hydrogen) atoms. The molecule has 1 aromatic carbocycles. The van der Waals surface area contributed by atoms with E-state index in [1.165, 1.54) is 12.1 Å². The molecule has 0 spiro atoms. The van der Waals surface area contributed by atoms with E-state index in [9.17, 15) is 14.3 Å². The second kappa shape index (κ2) is 8.25. The van der Waals surface area contributed by atoms with Gasteiger partial charge in [-0.15, -0.1) is 0 Å². The van der Waals surface area contributed by atoms with Gasteiger partial charge in [-0.1, -0.05) is 12.8 Å². The molecule has 0 bridgehead atoms. The fraction of sp³-hybridized carbons (Fsp3) is 0.474. The zero-order valence-electron chi connectivity index (χ0n) is 14.1. The van der Waals surface area contributed by atoms with Gasteiger partial charge in [0.25, 0.3) is 0 Å². The van der Waals surface area contributed by atoms with Gasteiger partial charge in [-0.25, -0.2) is 9.37 Å². The molecule has 1 unspecified atom stereocenters. The minimum atomic E-state index is -0.460. The predicted molar refractivity (Wildman–Crippen MR) is 91.2 cm³/mol. The number of oxazole rings is 1. The van der Waals surface area contributed by atoms with E-state index in [0.29, 0.717) is 30.5 Å². The Morgan fingerprint density at radius 1 is 1.32 bits per heavy atom. The van der Waals surface area contributed by atoms with Crippen molar-refractivity contribution in [1.82, 2.24) is 10.3 Å². The van der Waals surface area contributed by atoms with Crippen molar-refractivity contribution < 1.29 is 18.7 Å². The fourth-order valence-corrected chi connectivity index (χ4v) is 3.21. The summed E-state index contributed by atoms with van der Waals surface area (Å²) < 4.78 is 18.5. The number of hydrogen-bond donors (Lipinski definition) is 2. The SMILES string of the molecule is O=C(CCc1ncc(-c2ccc(F)cc2)o1)NCC(O)C1CCCC1. The van der Waals surface area contributed by atoms with Crippen LogP contribution in [0.5, 0.6) is 0 Å². The quantitative estimate of drug-likeness (QED) is 0.808. The van der Waals surface area contributed by atoms with E-state index < -0.39 is 6.10 Å². The third-order valence-corrected chi connectivity index (χ3v) is 4.70. The summed E-state index contributed by atoms with van der Waals surface area (Å²) in [6.45, 7) is 0.302. The van der Waals surface area contributed by atoms with Gasteiger partial charge in [0, 0.05) is 24.9 Å². The molecule has 134 valence electrons. The molecule has 1 aliphatic rings. The number of aliphatic hydroxyl groups is 1. The van der Waals surface area contributed by atoms with Crippen LogP contribution in [0, 0.1) is 11.7 Å². The summed E-state index contributed by atoms with van der Waals surface area (Å²) in [5, 5.41) is 12.8. The molecular formula is C19H23FN2O3. The number of aromatic nitrogens is 1. The second-order valence-electron chi connectivity index (χ2n) is 6.54. The smallest absolute Gasteiger partial charge is 0.220 e. The van der Waals surface area contributed by atoms with Crippen LogP contribution >= 0.6 is 0 Å². The number of aliphatic hydroxyl groups excluding tert-OH is 1. The number of nitrogens with zero attached hydrogens (tertiary/aromatic N) is 1. The van der Waals surface area contributed by atoms with Crippen LogP contribution in [-0.2, 0) is 11.2 Å². The number of carbonyl (C=O) groups excluding carboxylic acids is 1. The van der Waals surface area contributed by atoms with Crippen molar-refractivity contribution in [1.29, 1.82) is 0 Å². The van der Waals surface area contributed by atoms with Gasteiger partial charge in [-0.3, -0.25) is 4.79 Å². The van der Waals surface area contributed by atoms with Crippen molar-refractivity contribution in [3.63, 3.8) is 0 Å². The van der Waals surface area contributed by atoms with E-state index in [1.54, 1.807) is 18.3 Å². The first-order valence-corrected chi connectivity index (χ1v) is 8.77. The van der Waals surface area contributed by atoms with Crippen LogP contribution in [0.15, 0.2) is 34.9 Å². The molecule has 6 heteroatoms. The average molecular weight is 346 g/mol. The number of carbonyl (C=O) groups is 1. The largest absolute Gasteiger partial charge is 0.441 e. The molecular weight excluding hydrogens is 323 g/mol. The lowest BCUT2D eigenvalue weighted by Gasteiger charge is -2.17. The Bertz CT molecular complexity index is 693. The van der Waals surface area contributed by atoms with E-state index in [2.05, 4.69) is 10.3 Å². The lowest BCUT2D eigenvalue weighted by molar-refractivity contribution is -0.121. The molecule has 2 N–H and O–H groups in total. The number of rotatable bonds is 7. The van der Waals surface area contributed by atoms with Crippen molar-refractivity contribution in [2.24, 2.45) is 5.92 Å². The zero-order chi connectivity index (χ0) is 17.6. The van der Waals surface area contributed by atoms with Crippen molar-refractivity contribution in [2.75, 3.05) is 6.54 Å². The number of amides is 1. The Kier molecular flexibility index (Phi) is 5.81. The maximum Gasteiger partial charge on any atom is 0.220 e. The minimum absolute atomic E-state index is 0.126. The van der Waals surface area contributed by atoms with Gasteiger partial charge >= 0.3 is 0 Å². The summed E-state index contributed by atoms with van der Waals surface area (Å²) in [7, 11) is 0. The molecule has 0 saturated heterocycles. The van der Waals surface area contributed by atoms with E-state index in [0.717, 1.165) is 31.2 Å². The highest BCUT2D eigenvalue weighted by Crippen LogP contribution is 2.27. The van der Waals surface area contributed by atoms with E-state index in [-0.39, 0.29) is 18.1 Å². The molecule has 1 aromatic heterocycles. The van der Waals surface area contributed by atoms with Gasteiger partial charge in [0.15, 0.2) is 11.7 Å². The monoisotopic (exact) mass is 346 g/mol. The van der Waals surface area contributed by atoms with E-state index in [1.807, 2.05) is 0 Å². The first kappa shape index (κ1) is 17.6. The van der Waals surface area contributed by atoms with Crippen LogP contribution in [0.25, 0.3) is 11.3 Å². The Morgan fingerprint density at radius 3 is 2.76 bits per heavy atom. The van der Waals surface area contributed by atoms with Gasteiger partial charge in [-0.05, 0) is 43.0 Å². The van der Waals surface area contributed by atoms with Gasteiger partial charge in [-0.2, -0.15) is 0 Å². The highest BCUT2D eigenvalue weighted by atomic mass is 19.1. The van der Waals surface area contributed by atoms with Crippen LogP contribution in [0.2, 0.25) is 0 Å². The maximum absolute atomic E-state index is 12.9. The van der Waals surface area contributed by atoms with Crippen molar-refractivity contribution >= 4 is 5.91 Å². The summed E-state index contributed by atoms with van der Waals surface area (Å²) in [5.41, 5.74) is 0.740. The molecule has 1 amide bonds. The summed E-state index contributed by atoms with van der Waals surface area (Å²) in [5.74, 6) is 0.890. The third-order valence-electron chi connectivity index (χ3n) is 4.70. The number of benzene rings is 1. The molecule has 1 atom stereocenters. The number of halogens is 1. The fourth-order valence-electron chi connectivity index (χ4n) is 3.21. The highest BCUT2D eigenvalue weighted by Gasteiger charge is 2.23. The maximum atomic E-state index is 12.9. The Morgan fingerprint density at radius 2 is 2.04 bits per heavy atom. The van der Waals surface area contributed by atoms with Crippen LogP contribution in [0.4, 0.5) is 4.39 Å². The molecule has 0 aliphatic heterocycles. The Labute approximate surface area is 146 Å². The second-order valence-corrected chi connectivity index (χ2v) is 6.54. The lowest BCUT2D eigenvalue weighted by atomic mass is 10.0. The van der Waals surface area contributed by atoms with Gasteiger partial charge in [0.05, 0.1) is 12.3 Å². The molecule has 1 fully saturated rings. The Hall–Kier alpha value is -2.21. The predicted octanol–water partition coefficient (Wildman–Crippen LogP) is 3.08. The first-order chi connectivity index (χ1) is 12.1. The van der Waals surface area contributed by atoms with Crippen LogP contribution in [0.1, 0.15) is 38.0 Å². The average Bonchev–Trinajstić information content (AvgIpc) is 3.30. The summed E-state index contributed by atoms with van der Waals surface area (Å²) in [6, 6.07) is 5.97. The van der Waals surface area contributed by atoms with Crippen LogP contribution in [-0.4, -0.2) is 28.6 Å². The van der Waals surface area contributed by atoms with E-state index >= 15 is 0 Å². The molecule has 5 nitrogen and oxygen atoms in total. The standard InChI is InChI=1S/C19H23FN2O3/c20-15-7-5-14(6-8-15)17-12-22-19(25-17)10-9-18(24)21-11-16(23)13-3-1-2-4-13/h5-8,12-13,16,23H,1-4,9-11H2,(H,21,24). The summed E-state index contributed by atoms with van der Waals surface area (Å²) in [6.07, 6.45) is 6.15. The number of aryl methyl sites for hydroxylation is 1. The Balaban J connectivity index is 1.43. The van der Waals surface area contributed by atoms with E-state index in [4.69, 9.17) is 4.42 Å². The molecule has 0 radical (unpaired) electrons. The molecule has 2 aromatic rings. The highest BCUT2D eigenvalue weighted by molar-refractivity contribution is 5.76. The normalized spacial score (nSPS) is 16.1. The van der Waals surface area contributed by atoms with Crippen LogP contribution in [0.3, 0.4) is 0 Å². The molecule has 1 aliphatic carbocycles. The van der Waals surface area contributed by atoms with Crippen molar-refractivity contribution in [3.05, 3.63) is 42.2 Å². The van der Waals surface area contributed by atoms with Gasteiger partial charge < -0.3 is 14.8 Å². The number of nitrogens with one attached hydrogen (secondary N) is 1. The number of hydrogen-bond acceptors (Lipinski definition) is 4. The van der Waals surface area contributed by atoms with Gasteiger partial charge in [0.2, 0.25) is 5.91 Å². The molecule has 1 heterocycles. The van der Waals surface area contributed by atoms with Crippen molar-refractivity contribution in [2.45, 2.75) is 44.6 Å². The van der Waals surface area contributed by atoms with Gasteiger partial charge in [0.1, 0.15) is 5.82 Å². The van der Waals surface area contributed by atoms with Crippen LogP contribution < -0.4 is 5.32 Å². The first-order valence-electron chi connectivity index (χ1n) is 8.77. The topological polar surface area (TPSA) is 75.4 Å².